The summed E-state index contributed by atoms with van der Waals surface area (Å²) in [6.45, 7) is 4.08. The Bertz CT molecular complexity index is 532. The Balaban J connectivity index is 1.70. The van der Waals surface area contributed by atoms with Crippen LogP contribution in [0.1, 0.15) is 38.2 Å². The molecule has 4 heteroatoms. The molecule has 1 aromatic carbocycles. The summed E-state index contributed by atoms with van der Waals surface area (Å²) >= 11 is 0. The quantitative estimate of drug-likeness (QED) is 0.907. The van der Waals surface area contributed by atoms with Gasteiger partial charge in [-0.3, -0.25) is 4.79 Å². The van der Waals surface area contributed by atoms with Crippen LogP contribution in [-0.2, 0) is 11.2 Å². The van der Waals surface area contributed by atoms with Gasteiger partial charge in [-0.1, -0.05) is 25.1 Å². The number of carbonyl (C=O) groups excluding carboxylic acids is 1. The Morgan fingerprint density at radius 1 is 1.27 bits per heavy atom. The Kier molecular flexibility index (Phi) is 4.67. The molecule has 22 heavy (non-hydrogen) atoms. The minimum absolute atomic E-state index is 0.185. The van der Waals surface area contributed by atoms with Crippen LogP contribution in [0.3, 0.4) is 0 Å². The zero-order valence-electron chi connectivity index (χ0n) is 13.4. The molecule has 2 atom stereocenters. The van der Waals surface area contributed by atoms with Crippen molar-refractivity contribution in [2.75, 3.05) is 24.5 Å². The number of aliphatic hydroxyl groups is 1. The number of carbonyl (C=O) groups is 1. The van der Waals surface area contributed by atoms with E-state index in [0.717, 1.165) is 32.2 Å². The van der Waals surface area contributed by atoms with Crippen LogP contribution in [0.5, 0.6) is 0 Å². The van der Waals surface area contributed by atoms with Crippen molar-refractivity contribution in [3.8, 4) is 0 Å². The van der Waals surface area contributed by atoms with Crippen molar-refractivity contribution in [3.63, 3.8) is 0 Å². The van der Waals surface area contributed by atoms with Crippen LogP contribution in [-0.4, -0.2) is 47.7 Å². The molecule has 1 N–H and O–H groups in total. The van der Waals surface area contributed by atoms with Gasteiger partial charge in [0.25, 0.3) is 0 Å². The second-order valence-corrected chi connectivity index (χ2v) is 6.48. The number of hydrogen-bond acceptors (Lipinski definition) is 3. The second-order valence-electron chi connectivity index (χ2n) is 6.48. The lowest BCUT2D eigenvalue weighted by molar-refractivity contribution is -0.128. The van der Waals surface area contributed by atoms with E-state index in [1.807, 2.05) is 4.90 Å². The van der Waals surface area contributed by atoms with E-state index in [1.165, 1.54) is 11.3 Å². The van der Waals surface area contributed by atoms with Crippen molar-refractivity contribution in [2.24, 2.45) is 0 Å². The lowest BCUT2D eigenvalue weighted by atomic mass is 9.94. The first-order valence-electron chi connectivity index (χ1n) is 8.49. The highest BCUT2D eigenvalue weighted by atomic mass is 16.3. The largest absolute Gasteiger partial charge is 0.389 e. The fourth-order valence-corrected chi connectivity index (χ4v) is 3.79. The standard InChI is InChI=1S/C18H26N2O2/c1-2-15-10-9-14-6-3-4-7-17(14)20(15)13-16(21)12-19-11-5-8-18(19)22/h3-4,6-7,15-16,21H,2,5,8-13H2,1H3. The number of likely N-dealkylation sites (tertiary alicyclic amines) is 1. The molecule has 0 radical (unpaired) electrons. The molecule has 0 spiro atoms. The summed E-state index contributed by atoms with van der Waals surface area (Å²) in [5, 5.41) is 10.5. The molecule has 1 fully saturated rings. The lowest BCUT2D eigenvalue weighted by Crippen LogP contribution is -2.46. The first-order valence-corrected chi connectivity index (χ1v) is 8.49. The zero-order chi connectivity index (χ0) is 15.5. The van der Waals surface area contributed by atoms with Gasteiger partial charge in [0.05, 0.1) is 6.10 Å². The summed E-state index contributed by atoms with van der Waals surface area (Å²) in [6, 6.07) is 8.98. The van der Waals surface area contributed by atoms with Crippen molar-refractivity contribution < 1.29 is 9.90 Å². The highest BCUT2D eigenvalue weighted by Gasteiger charge is 2.28. The van der Waals surface area contributed by atoms with Gasteiger partial charge in [0.15, 0.2) is 0 Å². The molecule has 2 unspecified atom stereocenters. The van der Waals surface area contributed by atoms with Crippen LogP contribution in [0.2, 0.25) is 0 Å². The minimum Gasteiger partial charge on any atom is -0.389 e. The Morgan fingerprint density at radius 2 is 2.09 bits per heavy atom. The van der Waals surface area contributed by atoms with Crippen LogP contribution < -0.4 is 4.90 Å². The van der Waals surface area contributed by atoms with Crippen LogP contribution in [0.4, 0.5) is 5.69 Å². The summed E-state index contributed by atoms with van der Waals surface area (Å²) in [5.74, 6) is 0.185. The molecule has 0 aliphatic carbocycles. The molecule has 0 saturated carbocycles. The number of anilines is 1. The maximum Gasteiger partial charge on any atom is 0.222 e. The van der Waals surface area contributed by atoms with Crippen molar-refractivity contribution in [1.82, 2.24) is 4.90 Å². The maximum absolute atomic E-state index is 11.7. The number of aliphatic hydroxyl groups excluding tert-OH is 1. The summed E-state index contributed by atoms with van der Waals surface area (Å²) < 4.78 is 0. The summed E-state index contributed by atoms with van der Waals surface area (Å²) in [5.41, 5.74) is 2.63. The molecule has 0 aromatic heterocycles. The monoisotopic (exact) mass is 302 g/mol. The Labute approximate surface area is 132 Å². The minimum atomic E-state index is -0.484. The first kappa shape index (κ1) is 15.3. The van der Waals surface area contributed by atoms with Crippen LogP contribution in [0.25, 0.3) is 0 Å². The van der Waals surface area contributed by atoms with E-state index < -0.39 is 6.10 Å². The number of fused-ring (bicyclic) bond motifs is 1. The normalized spacial score (nSPS) is 22.8. The number of nitrogens with zero attached hydrogens (tertiary/aromatic N) is 2. The number of amides is 1. The third-order valence-corrected chi connectivity index (χ3v) is 4.97. The van der Waals surface area contributed by atoms with E-state index >= 15 is 0 Å². The van der Waals surface area contributed by atoms with E-state index in [9.17, 15) is 9.90 Å². The van der Waals surface area contributed by atoms with Gasteiger partial charge in [-0.25, -0.2) is 0 Å². The average Bonchev–Trinajstić information content (AvgIpc) is 2.92. The molecule has 2 aliphatic rings. The summed E-state index contributed by atoms with van der Waals surface area (Å²) in [6.07, 6.45) is 4.42. The van der Waals surface area contributed by atoms with Gasteiger partial charge in [0.2, 0.25) is 5.91 Å². The molecule has 2 heterocycles. The van der Waals surface area contributed by atoms with Crippen molar-refractivity contribution in [3.05, 3.63) is 29.8 Å². The van der Waals surface area contributed by atoms with E-state index in [4.69, 9.17) is 0 Å². The predicted molar refractivity (Wildman–Crippen MR) is 88.0 cm³/mol. The molecule has 120 valence electrons. The fourth-order valence-electron chi connectivity index (χ4n) is 3.79. The van der Waals surface area contributed by atoms with Gasteiger partial charge in [-0.2, -0.15) is 0 Å². The van der Waals surface area contributed by atoms with Crippen molar-refractivity contribution >= 4 is 11.6 Å². The average molecular weight is 302 g/mol. The highest BCUT2D eigenvalue weighted by Crippen LogP contribution is 2.31. The summed E-state index contributed by atoms with van der Waals surface area (Å²) in [7, 11) is 0. The maximum atomic E-state index is 11.7. The van der Waals surface area contributed by atoms with Gasteiger partial charge in [0.1, 0.15) is 0 Å². The van der Waals surface area contributed by atoms with Crippen LogP contribution in [0.15, 0.2) is 24.3 Å². The molecule has 1 aromatic rings. The van der Waals surface area contributed by atoms with Crippen LogP contribution >= 0.6 is 0 Å². The number of β-amino-alcohol motifs (C(OH)–C–C–N with tert-alkyl or cyclic N) is 1. The lowest BCUT2D eigenvalue weighted by Gasteiger charge is -2.40. The third-order valence-electron chi connectivity index (χ3n) is 4.97. The van der Waals surface area contributed by atoms with Gasteiger partial charge < -0.3 is 14.9 Å². The van der Waals surface area contributed by atoms with E-state index in [-0.39, 0.29) is 5.91 Å². The second kappa shape index (κ2) is 6.69. The van der Waals surface area contributed by atoms with E-state index in [1.54, 1.807) is 0 Å². The fraction of sp³-hybridized carbons (Fsp3) is 0.611. The zero-order valence-corrected chi connectivity index (χ0v) is 13.4. The number of para-hydroxylation sites is 1. The number of rotatable bonds is 5. The van der Waals surface area contributed by atoms with E-state index in [2.05, 4.69) is 36.1 Å². The van der Waals surface area contributed by atoms with Crippen LogP contribution in [0, 0.1) is 0 Å². The molecule has 1 amide bonds. The van der Waals surface area contributed by atoms with Gasteiger partial charge in [-0.15, -0.1) is 0 Å². The summed E-state index contributed by atoms with van der Waals surface area (Å²) in [4.78, 5) is 15.9. The Hall–Kier alpha value is -1.55. The number of benzene rings is 1. The molecular formula is C18H26N2O2. The third kappa shape index (κ3) is 3.12. The topological polar surface area (TPSA) is 43.8 Å². The van der Waals surface area contributed by atoms with Crippen molar-refractivity contribution in [2.45, 2.75) is 51.2 Å². The molecule has 3 rings (SSSR count). The Morgan fingerprint density at radius 3 is 2.82 bits per heavy atom. The molecule has 4 nitrogen and oxygen atoms in total. The molecular weight excluding hydrogens is 276 g/mol. The number of aryl methyl sites for hydroxylation is 1. The SMILES string of the molecule is CCC1CCc2ccccc2N1CC(O)CN1CCCC1=O. The van der Waals surface area contributed by atoms with Gasteiger partial charge in [-0.05, 0) is 37.3 Å². The number of hydrogen-bond donors (Lipinski definition) is 1. The highest BCUT2D eigenvalue weighted by molar-refractivity contribution is 5.78. The van der Waals surface area contributed by atoms with E-state index in [0.29, 0.717) is 25.6 Å². The van der Waals surface area contributed by atoms with Gasteiger partial charge in [0, 0.05) is 37.8 Å². The molecule has 1 saturated heterocycles. The molecule has 2 aliphatic heterocycles. The van der Waals surface area contributed by atoms with Crippen molar-refractivity contribution in [1.29, 1.82) is 0 Å². The predicted octanol–water partition coefficient (Wildman–Crippen LogP) is 2.20. The smallest absolute Gasteiger partial charge is 0.222 e. The molecule has 0 bridgehead atoms. The first-order chi connectivity index (χ1) is 10.7. The van der Waals surface area contributed by atoms with Gasteiger partial charge >= 0.3 is 0 Å².